The van der Waals surface area contributed by atoms with Crippen LogP contribution in [0.5, 0.6) is 0 Å². The fraction of sp³-hybridized carbons (Fsp3) is 0.250. The largest absolute Gasteiger partial charge is 0.381 e. The number of carbonyl (C=O) groups is 1. The van der Waals surface area contributed by atoms with E-state index in [9.17, 15) is 4.79 Å². The molecule has 1 unspecified atom stereocenters. The Morgan fingerprint density at radius 3 is 2.96 bits per heavy atom. The van der Waals surface area contributed by atoms with Gasteiger partial charge in [0.05, 0.1) is 6.54 Å². The van der Waals surface area contributed by atoms with Crippen LogP contribution in [0.1, 0.15) is 23.1 Å². The zero-order chi connectivity index (χ0) is 17.1. The summed E-state index contributed by atoms with van der Waals surface area (Å²) in [4.78, 5) is 24.9. The molecule has 0 aromatic carbocycles. The maximum atomic E-state index is 12.4. The first-order valence-electron chi connectivity index (χ1n) is 7.50. The first-order valence-corrected chi connectivity index (χ1v) is 8.38. The highest BCUT2D eigenvalue weighted by molar-refractivity contribution is 7.13. The summed E-state index contributed by atoms with van der Waals surface area (Å²) < 4.78 is 0. The molecule has 8 heteroatoms. The fourth-order valence-corrected chi connectivity index (χ4v) is 3.02. The van der Waals surface area contributed by atoms with E-state index in [4.69, 9.17) is 5.73 Å². The number of allylic oxidation sites excluding steroid dienone is 2. The summed E-state index contributed by atoms with van der Waals surface area (Å²) in [5.41, 5.74) is 8.36. The second-order valence-electron chi connectivity index (χ2n) is 5.48. The van der Waals surface area contributed by atoms with Gasteiger partial charge in [0.1, 0.15) is 16.4 Å². The summed E-state index contributed by atoms with van der Waals surface area (Å²) in [6, 6.07) is 1.85. The van der Waals surface area contributed by atoms with E-state index in [1.54, 1.807) is 6.07 Å². The number of hydrogen-bond donors (Lipinski definition) is 3. The highest BCUT2D eigenvalue weighted by Crippen LogP contribution is 2.22. The number of dihydropyridines is 1. The van der Waals surface area contributed by atoms with Crippen LogP contribution in [0, 0.1) is 6.92 Å². The molecule has 0 saturated heterocycles. The van der Waals surface area contributed by atoms with Crippen molar-refractivity contribution in [2.75, 3.05) is 12.3 Å². The van der Waals surface area contributed by atoms with Crippen molar-refractivity contribution in [2.45, 2.75) is 19.9 Å². The van der Waals surface area contributed by atoms with E-state index < -0.39 is 0 Å². The Labute approximate surface area is 143 Å². The van der Waals surface area contributed by atoms with E-state index in [0.717, 1.165) is 11.4 Å². The second-order valence-corrected chi connectivity index (χ2v) is 6.34. The van der Waals surface area contributed by atoms with Gasteiger partial charge in [0, 0.05) is 22.8 Å². The molecule has 1 aliphatic rings. The minimum atomic E-state index is -0.302. The average molecular weight is 342 g/mol. The van der Waals surface area contributed by atoms with E-state index in [1.165, 1.54) is 11.3 Å². The third kappa shape index (κ3) is 3.77. The summed E-state index contributed by atoms with van der Waals surface area (Å²) in [5, 5.41) is 8.74. The number of nitrogens with one attached hydrogen (secondary N) is 2. The van der Waals surface area contributed by atoms with Gasteiger partial charge in [-0.3, -0.25) is 4.79 Å². The molecule has 2 aromatic rings. The lowest BCUT2D eigenvalue weighted by Gasteiger charge is -2.18. The number of anilines is 1. The van der Waals surface area contributed by atoms with Gasteiger partial charge in [0.15, 0.2) is 0 Å². The summed E-state index contributed by atoms with van der Waals surface area (Å²) >= 11 is 1.45. The lowest BCUT2D eigenvalue weighted by atomic mass is 10.2. The number of rotatable bonds is 4. The van der Waals surface area contributed by atoms with E-state index in [1.807, 2.05) is 37.5 Å². The van der Waals surface area contributed by atoms with Crippen LogP contribution in [-0.4, -0.2) is 33.4 Å². The Balaban J connectivity index is 1.74. The molecule has 4 N–H and O–H groups in total. The van der Waals surface area contributed by atoms with Crippen molar-refractivity contribution < 1.29 is 4.79 Å². The molecule has 2 aromatic heterocycles. The van der Waals surface area contributed by atoms with E-state index in [2.05, 4.69) is 25.6 Å². The van der Waals surface area contributed by atoms with Gasteiger partial charge in [-0.1, -0.05) is 12.2 Å². The molecule has 3 rings (SSSR count). The number of hydrogen-bond acceptors (Lipinski definition) is 7. The quantitative estimate of drug-likeness (QED) is 0.780. The Bertz CT molecular complexity index is 826. The predicted molar refractivity (Wildman–Crippen MR) is 94.4 cm³/mol. The lowest BCUT2D eigenvalue weighted by Crippen LogP contribution is -2.34. The van der Waals surface area contributed by atoms with Gasteiger partial charge in [-0.05, 0) is 26.0 Å². The molecule has 0 fully saturated rings. The van der Waals surface area contributed by atoms with Crippen LogP contribution >= 0.6 is 11.3 Å². The number of aryl methyl sites for hydroxylation is 1. The normalized spacial score (nSPS) is 16.4. The molecule has 0 spiro atoms. The highest BCUT2D eigenvalue weighted by Gasteiger charge is 2.14. The monoisotopic (exact) mass is 342 g/mol. The van der Waals surface area contributed by atoms with E-state index >= 15 is 0 Å². The van der Waals surface area contributed by atoms with E-state index in [0.29, 0.717) is 17.2 Å². The molecule has 3 heterocycles. The number of thiazole rings is 1. The number of amides is 1. The summed E-state index contributed by atoms with van der Waals surface area (Å²) in [6.07, 6.45) is 5.94. The van der Waals surface area contributed by atoms with Crippen molar-refractivity contribution in [2.24, 2.45) is 0 Å². The minimum Gasteiger partial charge on any atom is -0.381 e. The van der Waals surface area contributed by atoms with Crippen molar-refractivity contribution >= 4 is 23.2 Å². The molecule has 0 aliphatic carbocycles. The van der Waals surface area contributed by atoms with Crippen LogP contribution in [0.4, 0.5) is 5.95 Å². The van der Waals surface area contributed by atoms with Gasteiger partial charge in [-0.2, -0.15) is 0 Å². The molecule has 1 amide bonds. The molecular weight excluding hydrogens is 324 g/mol. The number of nitrogen functional groups attached to an aromatic ring is 1. The summed E-state index contributed by atoms with van der Waals surface area (Å²) in [6.45, 7) is 4.33. The first kappa shape index (κ1) is 16.1. The summed E-state index contributed by atoms with van der Waals surface area (Å²) in [5.74, 6) is -0.249. The van der Waals surface area contributed by atoms with Crippen LogP contribution in [-0.2, 0) is 0 Å². The number of nitrogens with two attached hydrogens (primary N) is 1. The van der Waals surface area contributed by atoms with Gasteiger partial charge >= 0.3 is 0 Å². The van der Waals surface area contributed by atoms with Crippen LogP contribution < -0.4 is 16.4 Å². The molecular formula is C16H18N6OS. The van der Waals surface area contributed by atoms with Crippen molar-refractivity contribution in [1.29, 1.82) is 0 Å². The molecule has 0 saturated carbocycles. The molecule has 1 atom stereocenters. The predicted octanol–water partition coefficient (Wildman–Crippen LogP) is 1.65. The maximum Gasteiger partial charge on any atom is 0.270 e. The van der Waals surface area contributed by atoms with Crippen LogP contribution in [0.2, 0.25) is 0 Å². The third-order valence-corrected chi connectivity index (χ3v) is 4.35. The standard InChI is InChI=1S/C16H18N6OS/c1-9-4-3-5-11(19-9)7-18-14(23)12-6-13(22-16(17)21-12)15-20-10(2)8-24-15/h3-6,8-9,19H,7H2,1-2H3,(H,18,23)(H2,17,21,22). The number of carbonyl (C=O) groups excluding carboxylic acids is 1. The fourth-order valence-electron chi connectivity index (χ4n) is 2.27. The van der Waals surface area contributed by atoms with Crippen LogP contribution in [0.3, 0.4) is 0 Å². The molecule has 124 valence electrons. The van der Waals surface area contributed by atoms with Gasteiger partial charge in [0.2, 0.25) is 5.95 Å². The molecule has 7 nitrogen and oxygen atoms in total. The third-order valence-electron chi connectivity index (χ3n) is 3.36. The highest BCUT2D eigenvalue weighted by atomic mass is 32.1. The minimum absolute atomic E-state index is 0.0528. The summed E-state index contributed by atoms with van der Waals surface area (Å²) in [7, 11) is 0. The lowest BCUT2D eigenvalue weighted by molar-refractivity contribution is 0.0951. The van der Waals surface area contributed by atoms with Crippen LogP contribution in [0.15, 0.2) is 35.4 Å². The zero-order valence-electron chi connectivity index (χ0n) is 13.4. The van der Waals surface area contributed by atoms with Gasteiger partial charge in [0.25, 0.3) is 5.91 Å². The SMILES string of the molecule is Cc1csc(-c2cc(C(=O)NCC3=CC=CC(C)N3)nc(N)n2)n1. The van der Waals surface area contributed by atoms with Crippen molar-refractivity contribution in [3.8, 4) is 10.7 Å². The van der Waals surface area contributed by atoms with Crippen molar-refractivity contribution in [3.05, 3.63) is 46.8 Å². The topological polar surface area (TPSA) is 106 Å². The molecule has 24 heavy (non-hydrogen) atoms. The molecule has 1 aliphatic heterocycles. The average Bonchev–Trinajstić information content (AvgIpc) is 2.99. The Morgan fingerprint density at radius 2 is 2.25 bits per heavy atom. The smallest absolute Gasteiger partial charge is 0.270 e. The number of nitrogens with zero attached hydrogens (tertiary/aromatic N) is 3. The Hall–Kier alpha value is -2.74. The van der Waals surface area contributed by atoms with Crippen molar-refractivity contribution in [3.63, 3.8) is 0 Å². The van der Waals surface area contributed by atoms with E-state index in [-0.39, 0.29) is 23.6 Å². The van der Waals surface area contributed by atoms with Gasteiger partial charge < -0.3 is 16.4 Å². The molecule has 0 radical (unpaired) electrons. The molecule has 0 bridgehead atoms. The van der Waals surface area contributed by atoms with Crippen molar-refractivity contribution in [1.82, 2.24) is 25.6 Å². The Morgan fingerprint density at radius 1 is 1.42 bits per heavy atom. The zero-order valence-corrected chi connectivity index (χ0v) is 14.2. The van der Waals surface area contributed by atoms with Gasteiger partial charge in [-0.15, -0.1) is 11.3 Å². The van der Waals surface area contributed by atoms with Crippen LogP contribution in [0.25, 0.3) is 10.7 Å². The maximum absolute atomic E-state index is 12.4. The van der Waals surface area contributed by atoms with Gasteiger partial charge in [-0.25, -0.2) is 15.0 Å². The first-order chi connectivity index (χ1) is 11.5. The Kier molecular flexibility index (Phi) is 4.57. The number of aromatic nitrogens is 3. The second kappa shape index (κ2) is 6.79.